The van der Waals surface area contributed by atoms with Crippen LogP contribution in [0.3, 0.4) is 0 Å². The number of hydrogen-bond donors (Lipinski definition) is 2. The number of urea groups is 1. The van der Waals surface area contributed by atoms with Crippen molar-refractivity contribution in [2.45, 2.75) is 64.5 Å². The highest BCUT2D eigenvalue weighted by atomic mass is 16.5. The van der Waals surface area contributed by atoms with E-state index in [1.165, 1.54) is 4.90 Å². The molecule has 0 aliphatic carbocycles. The molecular weight excluding hydrogens is 468 g/mol. The first-order chi connectivity index (χ1) is 17.8. The maximum Gasteiger partial charge on any atom is 0.332 e. The van der Waals surface area contributed by atoms with Gasteiger partial charge in [-0.05, 0) is 74.7 Å². The normalized spacial score (nSPS) is 19.7. The van der Waals surface area contributed by atoms with E-state index in [0.717, 1.165) is 53.6 Å². The number of aromatic amines is 1. The van der Waals surface area contributed by atoms with Gasteiger partial charge in [0.1, 0.15) is 5.75 Å². The largest absolute Gasteiger partial charge is 0.497 e. The average Bonchev–Trinajstić information content (AvgIpc) is 3.37. The number of nitrogens with zero attached hydrogens (tertiary/aromatic N) is 2. The summed E-state index contributed by atoms with van der Waals surface area (Å²) in [6.45, 7) is 6.41. The number of rotatable bonds is 8. The Morgan fingerprint density at radius 1 is 1.16 bits per heavy atom. The van der Waals surface area contributed by atoms with Crippen molar-refractivity contribution in [2.75, 3.05) is 18.6 Å². The third kappa shape index (κ3) is 4.04. The van der Waals surface area contributed by atoms with Crippen molar-refractivity contribution in [3.8, 4) is 5.75 Å². The minimum absolute atomic E-state index is 0.0850. The summed E-state index contributed by atoms with van der Waals surface area (Å²) in [5, 5.41) is 4.04. The second-order valence-corrected chi connectivity index (χ2v) is 10.2. The molecule has 1 saturated heterocycles. The fraction of sp³-hybridized carbons (Fsp3) is 0.414. The first kappa shape index (κ1) is 24.9. The SMILES string of the molecule is CCCCCC(C)NC(=O)c1ccc(N2C(=O)N3CCc4c([nH]c5ccc(OC)cc45)[C@@]3(C)C2=O)cc1. The molecule has 8 heteroatoms. The van der Waals surface area contributed by atoms with E-state index in [2.05, 4.69) is 17.2 Å². The fourth-order valence-corrected chi connectivity index (χ4v) is 5.62. The van der Waals surface area contributed by atoms with Gasteiger partial charge in [-0.2, -0.15) is 0 Å². The van der Waals surface area contributed by atoms with Crippen molar-refractivity contribution >= 4 is 34.4 Å². The molecule has 2 atom stereocenters. The number of benzene rings is 2. The van der Waals surface area contributed by atoms with Crippen molar-refractivity contribution in [3.05, 3.63) is 59.3 Å². The predicted octanol–water partition coefficient (Wildman–Crippen LogP) is 5.12. The van der Waals surface area contributed by atoms with E-state index < -0.39 is 5.54 Å². The standard InChI is InChI=1S/C29H34N4O4/c1-5-6-7-8-18(2)30-26(34)19-9-11-20(12-10-19)33-27(35)29(3)25-22(15-16-32(29)28(33)36)23-17-21(37-4)13-14-24(23)31-25/h9-14,17-18,31H,5-8,15-16H2,1-4H3,(H,30,34)/t18?,29-/m0/s1. The zero-order chi connectivity index (χ0) is 26.3. The number of unbranched alkanes of at least 4 members (excludes halogenated alkanes) is 2. The summed E-state index contributed by atoms with van der Waals surface area (Å²) in [4.78, 5) is 46.3. The quantitative estimate of drug-likeness (QED) is 0.330. The molecule has 8 nitrogen and oxygen atoms in total. The Labute approximate surface area is 217 Å². The van der Waals surface area contributed by atoms with E-state index in [1.807, 2.05) is 25.1 Å². The third-order valence-corrected chi connectivity index (χ3v) is 7.77. The van der Waals surface area contributed by atoms with Gasteiger partial charge in [0.15, 0.2) is 5.54 Å². The maximum absolute atomic E-state index is 13.9. The molecule has 4 amide bonds. The van der Waals surface area contributed by atoms with Crippen LogP contribution in [0.25, 0.3) is 10.9 Å². The minimum Gasteiger partial charge on any atom is -0.497 e. The number of ether oxygens (including phenoxy) is 1. The number of H-pyrrole nitrogens is 1. The third-order valence-electron chi connectivity index (χ3n) is 7.77. The van der Waals surface area contributed by atoms with Gasteiger partial charge >= 0.3 is 6.03 Å². The smallest absolute Gasteiger partial charge is 0.332 e. The number of carbonyl (C=O) groups is 3. The molecule has 3 aromatic rings. The number of methoxy groups -OCH3 is 1. The summed E-state index contributed by atoms with van der Waals surface area (Å²) in [5.74, 6) is 0.285. The molecule has 0 radical (unpaired) electrons. The topological polar surface area (TPSA) is 94.7 Å². The number of imide groups is 1. The van der Waals surface area contributed by atoms with Gasteiger partial charge in [0.05, 0.1) is 18.5 Å². The van der Waals surface area contributed by atoms with E-state index in [9.17, 15) is 14.4 Å². The second kappa shape index (κ2) is 9.57. The van der Waals surface area contributed by atoms with Crippen LogP contribution in [-0.4, -0.2) is 47.4 Å². The van der Waals surface area contributed by atoms with Gasteiger partial charge in [0.2, 0.25) is 0 Å². The van der Waals surface area contributed by atoms with Crippen molar-refractivity contribution < 1.29 is 19.1 Å². The van der Waals surface area contributed by atoms with E-state index in [1.54, 1.807) is 43.2 Å². The van der Waals surface area contributed by atoms with Crippen LogP contribution in [0, 0.1) is 0 Å². The van der Waals surface area contributed by atoms with Crippen molar-refractivity contribution in [2.24, 2.45) is 0 Å². The van der Waals surface area contributed by atoms with Gasteiger partial charge in [-0.3, -0.25) is 9.59 Å². The Balaban J connectivity index is 1.40. The summed E-state index contributed by atoms with van der Waals surface area (Å²) in [5.41, 5.74) is 2.51. The van der Waals surface area contributed by atoms with Gasteiger partial charge in [-0.1, -0.05) is 26.2 Å². The molecule has 37 heavy (non-hydrogen) atoms. The van der Waals surface area contributed by atoms with Gasteiger partial charge in [0, 0.05) is 29.1 Å². The molecular formula is C29H34N4O4. The van der Waals surface area contributed by atoms with Crippen molar-refractivity contribution in [1.82, 2.24) is 15.2 Å². The Bertz CT molecular complexity index is 1360. The Kier molecular flexibility index (Phi) is 6.43. The summed E-state index contributed by atoms with van der Waals surface area (Å²) in [6, 6.07) is 12.2. The van der Waals surface area contributed by atoms with E-state index in [4.69, 9.17) is 4.74 Å². The number of fused-ring (bicyclic) bond motifs is 5. The first-order valence-corrected chi connectivity index (χ1v) is 13.1. The molecule has 1 fully saturated rings. The molecule has 0 spiro atoms. The number of nitrogens with one attached hydrogen (secondary N) is 2. The van der Waals surface area contributed by atoms with E-state index in [-0.39, 0.29) is 23.9 Å². The highest BCUT2D eigenvalue weighted by molar-refractivity contribution is 6.23. The molecule has 5 rings (SSSR count). The molecule has 3 heterocycles. The molecule has 194 valence electrons. The van der Waals surface area contributed by atoms with Gasteiger partial charge in [-0.15, -0.1) is 0 Å². The Hall–Kier alpha value is -3.81. The molecule has 2 N–H and O–H groups in total. The number of aromatic nitrogens is 1. The van der Waals surface area contributed by atoms with Gasteiger partial charge in [0.25, 0.3) is 11.8 Å². The van der Waals surface area contributed by atoms with Crippen LogP contribution in [0.4, 0.5) is 10.5 Å². The minimum atomic E-state index is -1.14. The van der Waals surface area contributed by atoms with Crippen LogP contribution in [-0.2, 0) is 16.8 Å². The van der Waals surface area contributed by atoms with E-state index in [0.29, 0.717) is 24.2 Å². The number of hydrogen-bond acceptors (Lipinski definition) is 4. The lowest BCUT2D eigenvalue weighted by Gasteiger charge is -2.35. The number of carbonyl (C=O) groups excluding carboxylic acids is 3. The number of anilines is 1. The van der Waals surface area contributed by atoms with Crippen molar-refractivity contribution in [3.63, 3.8) is 0 Å². The lowest BCUT2D eigenvalue weighted by Crippen LogP contribution is -2.49. The van der Waals surface area contributed by atoms with E-state index >= 15 is 0 Å². The first-order valence-electron chi connectivity index (χ1n) is 13.1. The van der Waals surface area contributed by atoms with Crippen LogP contribution in [0.2, 0.25) is 0 Å². The molecule has 1 aromatic heterocycles. The Morgan fingerprint density at radius 2 is 1.92 bits per heavy atom. The summed E-state index contributed by atoms with van der Waals surface area (Å²) in [7, 11) is 1.63. The summed E-state index contributed by atoms with van der Waals surface area (Å²) < 4.78 is 5.39. The average molecular weight is 503 g/mol. The maximum atomic E-state index is 13.9. The number of amides is 4. The zero-order valence-electron chi connectivity index (χ0n) is 21.9. The molecule has 2 aliphatic heterocycles. The molecule has 2 aromatic carbocycles. The summed E-state index contributed by atoms with van der Waals surface area (Å²) in [6.07, 6.45) is 4.95. The van der Waals surface area contributed by atoms with Gasteiger partial charge < -0.3 is 19.9 Å². The van der Waals surface area contributed by atoms with Crippen LogP contribution in [0.5, 0.6) is 5.75 Å². The summed E-state index contributed by atoms with van der Waals surface area (Å²) >= 11 is 0. The highest BCUT2D eigenvalue weighted by Crippen LogP contribution is 2.45. The fourth-order valence-electron chi connectivity index (χ4n) is 5.62. The lowest BCUT2D eigenvalue weighted by molar-refractivity contribution is -0.125. The molecule has 2 aliphatic rings. The van der Waals surface area contributed by atoms with Crippen LogP contribution in [0.1, 0.15) is 68.1 Å². The monoisotopic (exact) mass is 502 g/mol. The second-order valence-electron chi connectivity index (χ2n) is 10.2. The predicted molar refractivity (Wildman–Crippen MR) is 143 cm³/mol. The zero-order valence-corrected chi connectivity index (χ0v) is 21.9. The van der Waals surface area contributed by atoms with Crippen molar-refractivity contribution in [1.29, 1.82) is 0 Å². The molecule has 0 saturated carbocycles. The Morgan fingerprint density at radius 3 is 2.62 bits per heavy atom. The molecule has 1 unspecified atom stereocenters. The van der Waals surface area contributed by atoms with Crippen LogP contribution < -0.4 is 15.0 Å². The molecule has 0 bridgehead atoms. The van der Waals surface area contributed by atoms with Gasteiger partial charge in [-0.25, -0.2) is 9.69 Å². The highest BCUT2D eigenvalue weighted by Gasteiger charge is 2.59. The van der Waals surface area contributed by atoms with Crippen LogP contribution in [0.15, 0.2) is 42.5 Å². The van der Waals surface area contributed by atoms with Crippen LogP contribution >= 0.6 is 0 Å². The lowest BCUT2D eigenvalue weighted by atomic mass is 9.87.